The van der Waals surface area contributed by atoms with Crippen molar-refractivity contribution in [2.24, 2.45) is 0 Å². The quantitative estimate of drug-likeness (QED) is 0.523. The molecule has 2 N–H and O–H groups in total. The van der Waals surface area contributed by atoms with Gasteiger partial charge in [-0.3, -0.25) is 4.79 Å². The first-order chi connectivity index (χ1) is 13.6. The summed E-state index contributed by atoms with van der Waals surface area (Å²) in [5.41, 5.74) is 4.04. The fourth-order valence-corrected chi connectivity index (χ4v) is 3.89. The summed E-state index contributed by atoms with van der Waals surface area (Å²) >= 11 is 1.30. The molecular weight excluding hydrogens is 374 g/mol. The maximum Gasteiger partial charge on any atom is 0.358 e. The number of carbonyl (C=O) groups excluding carboxylic acids is 2. The van der Waals surface area contributed by atoms with Gasteiger partial charge in [0.2, 0.25) is 0 Å². The molecular formula is C21H25N3O3S. The molecule has 0 aliphatic heterocycles. The standard InChI is InChI=1S/C21H25N3O3S/c1-3-10-22-21-24-18(13-28-21)20(26)27-12-19(25)23-14(2)16-9-8-15-6-4-5-7-17(15)11-16/h3,8-9,11,13-14H,1,4-7,10,12H2,2H3,(H,22,24)(H,23,25). The van der Waals surface area contributed by atoms with E-state index in [1.165, 1.54) is 35.3 Å². The number of anilines is 1. The lowest BCUT2D eigenvalue weighted by Gasteiger charge is -2.20. The number of hydrogen-bond acceptors (Lipinski definition) is 6. The SMILES string of the molecule is C=CCNc1nc(C(=O)OCC(=O)NC(C)c2ccc3c(c2)CCCC3)cs1. The molecule has 0 spiro atoms. The van der Waals surface area contributed by atoms with E-state index >= 15 is 0 Å². The zero-order chi connectivity index (χ0) is 19.9. The van der Waals surface area contributed by atoms with Gasteiger partial charge in [-0.05, 0) is 49.3 Å². The second-order valence-corrected chi connectivity index (χ2v) is 7.67. The van der Waals surface area contributed by atoms with Crippen LogP contribution < -0.4 is 10.6 Å². The van der Waals surface area contributed by atoms with E-state index in [-0.39, 0.29) is 24.2 Å². The minimum absolute atomic E-state index is 0.146. The lowest BCUT2D eigenvalue weighted by Crippen LogP contribution is -2.31. The molecule has 1 atom stereocenters. The second-order valence-electron chi connectivity index (χ2n) is 6.81. The Morgan fingerprint density at radius 2 is 2.11 bits per heavy atom. The molecule has 7 heteroatoms. The van der Waals surface area contributed by atoms with Crippen LogP contribution in [0.3, 0.4) is 0 Å². The normalized spacial score (nSPS) is 13.9. The van der Waals surface area contributed by atoms with Gasteiger partial charge in [0.05, 0.1) is 6.04 Å². The summed E-state index contributed by atoms with van der Waals surface area (Å²) in [5, 5.41) is 8.10. The number of nitrogens with zero attached hydrogens (tertiary/aromatic N) is 1. The van der Waals surface area contributed by atoms with Crippen molar-refractivity contribution in [2.45, 2.75) is 38.6 Å². The molecule has 6 nitrogen and oxygen atoms in total. The number of ether oxygens (including phenoxy) is 1. The molecule has 148 valence electrons. The first-order valence-corrected chi connectivity index (χ1v) is 10.3. The molecule has 28 heavy (non-hydrogen) atoms. The number of rotatable bonds is 8. The third-order valence-corrected chi connectivity index (χ3v) is 5.50. The van der Waals surface area contributed by atoms with Crippen molar-refractivity contribution in [3.8, 4) is 0 Å². The average Bonchev–Trinajstić information content (AvgIpc) is 3.19. The Balaban J connectivity index is 1.49. The fourth-order valence-electron chi connectivity index (χ4n) is 3.20. The monoisotopic (exact) mass is 399 g/mol. The number of amides is 1. The van der Waals surface area contributed by atoms with Gasteiger partial charge in [0, 0.05) is 11.9 Å². The van der Waals surface area contributed by atoms with Gasteiger partial charge < -0.3 is 15.4 Å². The third-order valence-electron chi connectivity index (χ3n) is 4.70. The summed E-state index contributed by atoms with van der Waals surface area (Å²) in [6.45, 7) is 5.77. The van der Waals surface area contributed by atoms with Gasteiger partial charge in [0.1, 0.15) is 0 Å². The summed E-state index contributed by atoms with van der Waals surface area (Å²) in [6.07, 6.45) is 6.39. The Hall–Kier alpha value is -2.67. The van der Waals surface area contributed by atoms with Crippen molar-refractivity contribution in [3.05, 3.63) is 58.6 Å². The van der Waals surface area contributed by atoms with Gasteiger partial charge in [0.25, 0.3) is 5.91 Å². The number of fused-ring (bicyclic) bond motifs is 1. The fraction of sp³-hybridized carbons (Fsp3) is 0.381. The smallest absolute Gasteiger partial charge is 0.358 e. The van der Waals surface area contributed by atoms with E-state index in [4.69, 9.17) is 4.74 Å². The van der Waals surface area contributed by atoms with Crippen LogP contribution in [0.1, 0.15) is 53.0 Å². The van der Waals surface area contributed by atoms with E-state index in [1.807, 2.05) is 6.92 Å². The first-order valence-electron chi connectivity index (χ1n) is 9.45. The molecule has 1 unspecified atom stereocenters. The van der Waals surface area contributed by atoms with E-state index in [0.717, 1.165) is 18.4 Å². The Kier molecular flexibility index (Phi) is 6.81. The van der Waals surface area contributed by atoms with Crippen LogP contribution in [0.4, 0.5) is 5.13 Å². The minimum atomic E-state index is -0.612. The van der Waals surface area contributed by atoms with Crippen LogP contribution in [0.2, 0.25) is 0 Å². The topological polar surface area (TPSA) is 80.3 Å². The Morgan fingerprint density at radius 1 is 1.32 bits per heavy atom. The number of esters is 1. The van der Waals surface area contributed by atoms with Crippen molar-refractivity contribution in [1.29, 1.82) is 0 Å². The van der Waals surface area contributed by atoms with Gasteiger partial charge in [-0.25, -0.2) is 9.78 Å². The van der Waals surface area contributed by atoms with Gasteiger partial charge in [0.15, 0.2) is 17.4 Å². The predicted octanol–water partition coefficient (Wildman–Crippen LogP) is 3.65. The summed E-state index contributed by atoms with van der Waals surface area (Å²) in [7, 11) is 0. The maximum atomic E-state index is 12.2. The highest BCUT2D eigenvalue weighted by Gasteiger charge is 2.17. The average molecular weight is 400 g/mol. The summed E-state index contributed by atoms with van der Waals surface area (Å²) in [6, 6.07) is 6.26. The number of hydrogen-bond donors (Lipinski definition) is 2. The molecule has 1 aromatic carbocycles. The first kappa shape index (κ1) is 20.1. The lowest BCUT2D eigenvalue weighted by molar-refractivity contribution is -0.124. The van der Waals surface area contributed by atoms with Crippen LogP contribution >= 0.6 is 11.3 Å². The third kappa shape index (κ3) is 5.19. The largest absolute Gasteiger partial charge is 0.451 e. The highest BCUT2D eigenvalue weighted by Crippen LogP contribution is 2.24. The van der Waals surface area contributed by atoms with E-state index < -0.39 is 5.97 Å². The molecule has 1 amide bonds. The molecule has 0 fully saturated rings. The summed E-state index contributed by atoms with van der Waals surface area (Å²) in [4.78, 5) is 28.3. The van der Waals surface area contributed by atoms with Crippen molar-refractivity contribution >= 4 is 28.3 Å². The van der Waals surface area contributed by atoms with E-state index in [9.17, 15) is 9.59 Å². The maximum absolute atomic E-state index is 12.2. The number of carbonyl (C=O) groups is 2. The van der Waals surface area contributed by atoms with Crippen LogP contribution in [0.25, 0.3) is 0 Å². The Labute approximate surface area is 169 Å². The van der Waals surface area contributed by atoms with Crippen molar-refractivity contribution in [3.63, 3.8) is 0 Å². The molecule has 0 saturated heterocycles. The predicted molar refractivity (Wildman–Crippen MR) is 111 cm³/mol. The van der Waals surface area contributed by atoms with Crippen molar-refractivity contribution in [2.75, 3.05) is 18.5 Å². The van der Waals surface area contributed by atoms with Gasteiger partial charge in [-0.1, -0.05) is 24.3 Å². The highest BCUT2D eigenvalue weighted by molar-refractivity contribution is 7.13. The number of thiazole rings is 1. The van der Waals surface area contributed by atoms with Gasteiger partial charge in [-0.2, -0.15) is 0 Å². The minimum Gasteiger partial charge on any atom is -0.451 e. The highest BCUT2D eigenvalue weighted by atomic mass is 32.1. The molecule has 0 radical (unpaired) electrons. The Bertz CT molecular complexity index is 862. The lowest BCUT2D eigenvalue weighted by atomic mass is 9.89. The number of benzene rings is 1. The van der Waals surface area contributed by atoms with Crippen LogP contribution in [0, 0.1) is 0 Å². The van der Waals surface area contributed by atoms with E-state index in [2.05, 4.69) is 40.4 Å². The number of aromatic nitrogens is 1. The number of aryl methyl sites for hydroxylation is 2. The molecule has 1 aromatic heterocycles. The summed E-state index contributed by atoms with van der Waals surface area (Å²) in [5.74, 6) is -0.946. The van der Waals surface area contributed by atoms with Crippen molar-refractivity contribution < 1.29 is 14.3 Å². The van der Waals surface area contributed by atoms with Gasteiger partial charge >= 0.3 is 5.97 Å². The van der Waals surface area contributed by atoms with Crippen LogP contribution in [-0.4, -0.2) is 30.0 Å². The molecule has 1 heterocycles. The van der Waals surface area contributed by atoms with Crippen LogP contribution in [0.15, 0.2) is 36.2 Å². The molecule has 3 rings (SSSR count). The second kappa shape index (κ2) is 9.50. The van der Waals surface area contributed by atoms with Gasteiger partial charge in [-0.15, -0.1) is 17.9 Å². The summed E-state index contributed by atoms with van der Waals surface area (Å²) < 4.78 is 5.08. The van der Waals surface area contributed by atoms with E-state index in [1.54, 1.807) is 11.5 Å². The van der Waals surface area contributed by atoms with Crippen molar-refractivity contribution in [1.82, 2.24) is 10.3 Å². The van der Waals surface area contributed by atoms with Crippen LogP contribution in [0.5, 0.6) is 0 Å². The van der Waals surface area contributed by atoms with E-state index in [0.29, 0.717) is 11.7 Å². The zero-order valence-corrected chi connectivity index (χ0v) is 16.8. The zero-order valence-electron chi connectivity index (χ0n) is 16.0. The molecule has 2 aromatic rings. The van der Waals surface area contributed by atoms with Crippen LogP contribution in [-0.2, 0) is 22.4 Å². The molecule has 1 aliphatic carbocycles. The number of nitrogens with one attached hydrogen (secondary N) is 2. The molecule has 0 saturated carbocycles. The molecule has 0 bridgehead atoms. The molecule has 1 aliphatic rings. The Morgan fingerprint density at radius 3 is 2.89 bits per heavy atom.